The highest BCUT2D eigenvalue weighted by atomic mass is 16.6. The minimum atomic E-state index is -0.365. The van der Waals surface area contributed by atoms with E-state index in [-0.39, 0.29) is 10.6 Å². The van der Waals surface area contributed by atoms with Crippen molar-refractivity contribution in [2.75, 3.05) is 18.6 Å². The topological polar surface area (TPSA) is 55.6 Å². The smallest absolute Gasteiger partial charge is 0.269 e. The van der Waals surface area contributed by atoms with Crippen molar-refractivity contribution in [3.8, 4) is 5.75 Å². The minimum Gasteiger partial charge on any atom is -0.497 e. The molecule has 134 valence electrons. The van der Waals surface area contributed by atoms with E-state index in [0.29, 0.717) is 0 Å². The molecule has 5 heteroatoms. The first kappa shape index (κ1) is 18.8. The summed E-state index contributed by atoms with van der Waals surface area (Å²) in [6, 6.07) is 14.8. The first-order chi connectivity index (χ1) is 12.1. The molecule has 2 rings (SSSR count). The Bertz CT molecular complexity index is 654. The summed E-state index contributed by atoms with van der Waals surface area (Å²) < 4.78 is 5.23. The maximum Gasteiger partial charge on any atom is 0.269 e. The van der Waals surface area contributed by atoms with E-state index in [4.69, 9.17) is 4.74 Å². The van der Waals surface area contributed by atoms with Crippen molar-refractivity contribution in [3.63, 3.8) is 0 Å². The molecule has 0 bridgehead atoms. The van der Waals surface area contributed by atoms with Crippen molar-refractivity contribution >= 4 is 11.4 Å². The Morgan fingerprint density at radius 2 is 1.68 bits per heavy atom. The van der Waals surface area contributed by atoms with Crippen LogP contribution in [-0.2, 0) is 6.54 Å². The number of nitro benzene ring substituents is 1. The predicted octanol–water partition coefficient (Wildman–Crippen LogP) is 5.19. The van der Waals surface area contributed by atoms with E-state index < -0.39 is 0 Å². The molecule has 0 radical (unpaired) electrons. The summed E-state index contributed by atoms with van der Waals surface area (Å²) in [5.41, 5.74) is 2.33. The second-order valence-corrected chi connectivity index (χ2v) is 6.10. The van der Waals surface area contributed by atoms with Crippen LogP contribution in [0.15, 0.2) is 48.5 Å². The SMILES string of the molecule is CCCCCCN(Cc1ccc([N+](=O)[O-])cc1)c1ccc(OC)cc1. The molecule has 0 amide bonds. The second kappa shape index (κ2) is 9.67. The van der Waals surface area contributed by atoms with Gasteiger partial charge in [0, 0.05) is 30.9 Å². The first-order valence-electron chi connectivity index (χ1n) is 8.76. The Morgan fingerprint density at radius 3 is 2.24 bits per heavy atom. The van der Waals surface area contributed by atoms with Crippen molar-refractivity contribution < 1.29 is 9.66 Å². The van der Waals surface area contributed by atoms with E-state index >= 15 is 0 Å². The van der Waals surface area contributed by atoms with Gasteiger partial charge in [0.05, 0.1) is 12.0 Å². The average Bonchev–Trinajstić information content (AvgIpc) is 2.64. The van der Waals surface area contributed by atoms with Gasteiger partial charge in [-0.1, -0.05) is 38.3 Å². The van der Waals surface area contributed by atoms with Gasteiger partial charge in [-0.2, -0.15) is 0 Å². The summed E-state index contributed by atoms with van der Waals surface area (Å²) in [5.74, 6) is 0.838. The molecule has 0 saturated carbocycles. The number of unbranched alkanes of at least 4 members (excludes halogenated alkanes) is 3. The van der Waals surface area contributed by atoms with E-state index in [1.165, 1.54) is 19.3 Å². The molecule has 2 aromatic rings. The average molecular weight is 342 g/mol. The Hall–Kier alpha value is -2.56. The zero-order valence-corrected chi connectivity index (χ0v) is 15.0. The van der Waals surface area contributed by atoms with Crippen LogP contribution in [0.4, 0.5) is 11.4 Å². The molecule has 0 unspecified atom stereocenters. The van der Waals surface area contributed by atoms with Crippen LogP contribution in [0.1, 0.15) is 38.2 Å². The fourth-order valence-corrected chi connectivity index (χ4v) is 2.77. The van der Waals surface area contributed by atoms with Crippen LogP contribution in [0.2, 0.25) is 0 Å². The highest BCUT2D eigenvalue weighted by Gasteiger charge is 2.10. The largest absolute Gasteiger partial charge is 0.497 e. The summed E-state index contributed by atoms with van der Waals surface area (Å²) in [5, 5.41) is 10.8. The molecule has 0 spiro atoms. The summed E-state index contributed by atoms with van der Waals surface area (Å²) in [6.07, 6.45) is 4.80. The number of non-ortho nitro benzene ring substituents is 1. The lowest BCUT2D eigenvalue weighted by Crippen LogP contribution is -2.23. The number of nitro groups is 1. The van der Waals surface area contributed by atoms with Crippen molar-refractivity contribution in [2.24, 2.45) is 0 Å². The Morgan fingerprint density at radius 1 is 1.00 bits per heavy atom. The van der Waals surface area contributed by atoms with Gasteiger partial charge in [0.15, 0.2) is 0 Å². The number of nitrogens with zero attached hydrogens (tertiary/aromatic N) is 2. The summed E-state index contributed by atoms with van der Waals surface area (Å²) in [6.45, 7) is 3.90. The molecule has 0 atom stereocenters. The summed E-state index contributed by atoms with van der Waals surface area (Å²) in [7, 11) is 1.66. The molecule has 0 aliphatic rings. The standard InChI is InChI=1S/C20H26N2O3/c1-3-4-5-6-15-21(18-11-13-20(25-2)14-12-18)16-17-7-9-19(10-8-17)22(23)24/h7-14H,3-6,15-16H2,1-2H3. The summed E-state index contributed by atoms with van der Waals surface area (Å²) >= 11 is 0. The highest BCUT2D eigenvalue weighted by Crippen LogP contribution is 2.23. The quantitative estimate of drug-likeness (QED) is 0.339. The highest BCUT2D eigenvalue weighted by molar-refractivity contribution is 5.50. The van der Waals surface area contributed by atoms with Crippen LogP contribution in [-0.4, -0.2) is 18.6 Å². The van der Waals surface area contributed by atoms with Gasteiger partial charge >= 0.3 is 0 Å². The molecule has 0 saturated heterocycles. The van der Waals surface area contributed by atoms with Crippen LogP contribution in [0.5, 0.6) is 5.75 Å². The van der Waals surface area contributed by atoms with Gasteiger partial charge in [0.2, 0.25) is 0 Å². The molecule has 0 heterocycles. The van der Waals surface area contributed by atoms with E-state index in [1.807, 2.05) is 24.3 Å². The Kier molecular flexibility index (Phi) is 7.26. The van der Waals surface area contributed by atoms with Crippen LogP contribution >= 0.6 is 0 Å². The van der Waals surface area contributed by atoms with Gasteiger partial charge in [-0.05, 0) is 36.2 Å². The van der Waals surface area contributed by atoms with Gasteiger partial charge in [-0.25, -0.2) is 0 Å². The van der Waals surface area contributed by atoms with Gasteiger partial charge < -0.3 is 9.64 Å². The molecule has 5 nitrogen and oxygen atoms in total. The number of benzene rings is 2. The maximum absolute atomic E-state index is 10.8. The summed E-state index contributed by atoms with van der Waals surface area (Å²) in [4.78, 5) is 12.8. The van der Waals surface area contributed by atoms with Gasteiger partial charge in [0.25, 0.3) is 5.69 Å². The number of ether oxygens (including phenoxy) is 1. The normalized spacial score (nSPS) is 10.5. The van der Waals surface area contributed by atoms with E-state index in [2.05, 4.69) is 24.0 Å². The van der Waals surface area contributed by atoms with Crippen LogP contribution in [0, 0.1) is 10.1 Å². The van der Waals surface area contributed by atoms with Gasteiger partial charge in [-0.3, -0.25) is 10.1 Å². The molecule has 0 aliphatic carbocycles. The van der Waals surface area contributed by atoms with E-state index in [1.54, 1.807) is 19.2 Å². The third kappa shape index (κ3) is 5.78. The van der Waals surface area contributed by atoms with Crippen LogP contribution in [0.3, 0.4) is 0 Å². The van der Waals surface area contributed by atoms with Crippen LogP contribution in [0.25, 0.3) is 0 Å². The number of hydrogen-bond acceptors (Lipinski definition) is 4. The van der Waals surface area contributed by atoms with Crippen molar-refractivity contribution in [2.45, 2.75) is 39.2 Å². The Balaban J connectivity index is 2.10. The van der Waals surface area contributed by atoms with Gasteiger partial charge in [-0.15, -0.1) is 0 Å². The molecule has 0 N–H and O–H groups in total. The lowest BCUT2D eigenvalue weighted by Gasteiger charge is -2.25. The second-order valence-electron chi connectivity index (χ2n) is 6.10. The molecule has 0 fully saturated rings. The van der Waals surface area contributed by atoms with E-state index in [0.717, 1.165) is 36.5 Å². The fourth-order valence-electron chi connectivity index (χ4n) is 2.77. The molecule has 2 aromatic carbocycles. The molecule has 0 aliphatic heterocycles. The number of hydrogen-bond donors (Lipinski definition) is 0. The molecule has 0 aromatic heterocycles. The maximum atomic E-state index is 10.8. The number of rotatable bonds is 10. The number of anilines is 1. The minimum absolute atomic E-state index is 0.127. The monoisotopic (exact) mass is 342 g/mol. The lowest BCUT2D eigenvalue weighted by molar-refractivity contribution is -0.384. The molecular weight excluding hydrogens is 316 g/mol. The Labute approximate surface area is 149 Å². The first-order valence-corrected chi connectivity index (χ1v) is 8.76. The third-order valence-electron chi connectivity index (χ3n) is 4.24. The lowest BCUT2D eigenvalue weighted by atomic mass is 10.1. The van der Waals surface area contributed by atoms with Crippen molar-refractivity contribution in [1.29, 1.82) is 0 Å². The van der Waals surface area contributed by atoms with Crippen LogP contribution < -0.4 is 9.64 Å². The fraction of sp³-hybridized carbons (Fsp3) is 0.400. The van der Waals surface area contributed by atoms with Crippen molar-refractivity contribution in [3.05, 3.63) is 64.2 Å². The number of methoxy groups -OCH3 is 1. The van der Waals surface area contributed by atoms with E-state index in [9.17, 15) is 10.1 Å². The molecule has 25 heavy (non-hydrogen) atoms. The molecular formula is C20H26N2O3. The third-order valence-corrected chi connectivity index (χ3v) is 4.24. The van der Waals surface area contributed by atoms with Crippen molar-refractivity contribution in [1.82, 2.24) is 0 Å². The zero-order valence-electron chi connectivity index (χ0n) is 15.0. The van der Waals surface area contributed by atoms with Gasteiger partial charge in [0.1, 0.15) is 5.75 Å². The zero-order chi connectivity index (χ0) is 18.1. The predicted molar refractivity (Wildman–Crippen MR) is 101 cm³/mol.